The van der Waals surface area contributed by atoms with E-state index in [1.54, 1.807) is 0 Å². The molecule has 0 fully saturated rings. The summed E-state index contributed by atoms with van der Waals surface area (Å²) < 4.78 is 0. The van der Waals surface area contributed by atoms with Gasteiger partial charge < -0.3 is 10.8 Å². The SMILES string of the molecule is CCCCCCCCC=CCCCCCCCC(=O)C(O)CN. The predicted molar refractivity (Wildman–Crippen MR) is 99.5 cm³/mol. The van der Waals surface area contributed by atoms with Gasteiger partial charge >= 0.3 is 0 Å². The zero-order valence-corrected chi connectivity index (χ0v) is 15.3. The number of aliphatic hydroxyl groups is 1. The van der Waals surface area contributed by atoms with Crippen LogP contribution in [0.1, 0.15) is 96.8 Å². The second-order valence-corrected chi connectivity index (χ2v) is 6.55. The summed E-state index contributed by atoms with van der Waals surface area (Å²) in [6.45, 7) is 2.30. The minimum atomic E-state index is -0.952. The maximum absolute atomic E-state index is 11.4. The Morgan fingerprint density at radius 2 is 1.35 bits per heavy atom. The molecule has 0 aliphatic rings. The molecule has 0 saturated carbocycles. The van der Waals surface area contributed by atoms with Crippen molar-refractivity contribution >= 4 is 5.78 Å². The van der Waals surface area contributed by atoms with E-state index >= 15 is 0 Å². The van der Waals surface area contributed by atoms with Gasteiger partial charge in [0.25, 0.3) is 0 Å². The van der Waals surface area contributed by atoms with Gasteiger partial charge in [0.1, 0.15) is 6.10 Å². The van der Waals surface area contributed by atoms with Crippen molar-refractivity contribution in [2.45, 2.75) is 103 Å². The lowest BCUT2D eigenvalue weighted by Gasteiger charge is -2.05. The van der Waals surface area contributed by atoms with Crippen LogP contribution in [-0.2, 0) is 4.79 Å². The van der Waals surface area contributed by atoms with Crippen LogP contribution in [0.3, 0.4) is 0 Å². The van der Waals surface area contributed by atoms with Crippen LogP contribution >= 0.6 is 0 Å². The Labute approximate surface area is 143 Å². The Bertz CT molecular complexity index is 289. The van der Waals surface area contributed by atoms with Crippen molar-refractivity contribution in [3.8, 4) is 0 Å². The molecule has 0 radical (unpaired) electrons. The average molecular weight is 326 g/mol. The highest BCUT2D eigenvalue weighted by Crippen LogP contribution is 2.10. The van der Waals surface area contributed by atoms with Crippen molar-refractivity contribution in [1.82, 2.24) is 0 Å². The Hall–Kier alpha value is -0.670. The number of allylic oxidation sites excluding steroid dienone is 2. The van der Waals surface area contributed by atoms with Gasteiger partial charge in [-0.2, -0.15) is 0 Å². The monoisotopic (exact) mass is 325 g/mol. The van der Waals surface area contributed by atoms with Gasteiger partial charge in [-0.15, -0.1) is 0 Å². The van der Waals surface area contributed by atoms with E-state index in [-0.39, 0.29) is 12.3 Å². The van der Waals surface area contributed by atoms with Crippen LogP contribution in [0.2, 0.25) is 0 Å². The molecule has 3 N–H and O–H groups in total. The van der Waals surface area contributed by atoms with E-state index in [4.69, 9.17) is 5.73 Å². The van der Waals surface area contributed by atoms with Gasteiger partial charge in [-0.1, -0.05) is 70.4 Å². The molecule has 0 rings (SSSR count). The molecular formula is C20H39NO2. The molecular weight excluding hydrogens is 286 g/mol. The van der Waals surface area contributed by atoms with E-state index in [0.717, 1.165) is 12.8 Å². The van der Waals surface area contributed by atoms with E-state index in [0.29, 0.717) is 6.42 Å². The van der Waals surface area contributed by atoms with Crippen molar-refractivity contribution in [3.05, 3.63) is 12.2 Å². The van der Waals surface area contributed by atoms with Crippen molar-refractivity contribution < 1.29 is 9.90 Å². The topological polar surface area (TPSA) is 63.3 Å². The van der Waals surface area contributed by atoms with Crippen LogP contribution < -0.4 is 5.73 Å². The number of ketones is 1. The smallest absolute Gasteiger partial charge is 0.162 e. The van der Waals surface area contributed by atoms with Crippen LogP contribution in [0.4, 0.5) is 0 Å². The lowest BCUT2D eigenvalue weighted by atomic mass is 10.0. The van der Waals surface area contributed by atoms with Gasteiger partial charge in [-0.3, -0.25) is 4.79 Å². The van der Waals surface area contributed by atoms with Crippen LogP contribution in [0.15, 0.2) is 12.2 Å². The molecule has 1 atom stereocenters. The summed E-state index contributed by atoms with van der Waals surface area (Å²) >= 11 is 0. The number of unbranched alkanes of at least 4 members (excludes halogenated alkanes) is 11. The Kier molecular flexibility index (Phi) is 17.2. The summed E-state index contributed by atoms with van der Waals surface area (Å²) in [5.41, 5.74) is 5.25. The third kappa shape index (κ3) is 16.0. The van der Waals surface area contributed by atoms with Gasteiger partial charge in [0.05, 0.1) is 0 Å². The molecule has 0 amide bonds. The summed E-state index contributed by atoms with van der Waals surface area (Å²) in [4.78, 5) is 11.4. The molecule has 0 aromatic heterocycles. The van der Waals surface area contributed by atoms with Crippen molar-refractivity contribution in [2.24, 2.45) is 5.73 Å². The van der Waals surface area contributed by atoms with Crippen LogP contribution in [-0.4, -0.2) is 23.5 Å². The summed E-state index contributed by atoms with van der Waals surface area (Å²) in [7, 11) is 0. The second kappa shape index (κ2) is 17.7. The summed E-state index contributed by atoms with van der Waals surface area (Å²) in [6, 6.07) is 0. The first kappa shape index (κ1) is 22.3. The Balaban J connectivity index is 3.21. The Morgan fingerprint density at radius 1 is 0.870 bits per heavy atom. The quantitative estimate of drug-likeness (QED) is 0.295. The van der Waals surface area contributed by atoms with Crippen molar-refractivity contribution in [1.29, 1.82) is 0 Å². The van der Waals surface area contributed by atoms with Crippen LogP contribution in [0.5, 0.6) is 0 Å². The second-order valence-electron chi connectivity index (χ2n) is 6.55. The fourth-order valence-electron chi connectivity index (χ4n) is 2.67. The summed E-state index contributed by atoms with van der Waals surface area (Å²) in [5, 5.41) is 9.26. The minimum absolute atomic E-state index is 0.0455. The van der Waals surface area contributed by atoms with E-state index in [9.17, 15) is 9.90 Å². The number of hydrogen-bond donors (Lipinski definition) is 2. The molecule has 136 valence electrons. The lowest BCUT2D eigenvalue weighted by Crippen LogP contribution is -2.28. The van der Waals surface area contributed by atoms with Gasteiger partial charge in [-0.25, -0.2) is 0 Å². The van der Waals surface area contributed by atoms with E-state index in [2.05, 4.69) is 19.1 Å². The third-order valence-corrected chi connectivity index (χ3v) is 4.28. The zero-order chi connectivity index (χ0) is 17.2. The number of aliphatic hydroxyl groups excluding tert-OH is 1. The molecule has 0 bridgehead atoms. The number of Topliss-reactive ketones (excluding diaryl/α,β-unsaturated/α-hetero) is 1. The minimum Gasteiger partial charge on any atom is -0.384 e. The molecule has 0 aromatic rings. The largest absolute Gasteiger partial charge is 0.384 e. The predicted octanol–water partition coefficient (Wildman–Crippen LogP) is 4.91. The first-order chi connectivity index (χ1) is 11.2. The van der Waals surface area contributed by atoms with Crippen molar-refractivity contribution in [3.63, 3.8) is 0 Å². The van der Waals surface area contributed by atoms with Gasteiger partial charge in [-0.05, 0) is 32.1 Å². The first-order valence-electron chi connectivity index (χ1n) is 9.78. The standard InChI is InChI=1S/C20H39NO2/c1-2-3-4-5-6-7-8-9-10-11-12-13-14-15-16-17-19(22)20(23)18-21/h9-10,20,23H,2-8,11-18,21H2,1H3. The van der Waals surface area contributed by atoms with Crippen molar-refractivity contribution in [2.75, 3.05) is 6.54 Å². The molecule has 0 spiro atoms. The van der Waals surface area contributed by atoms with E-state index in [1.165, 1.54) is 70.6 Å². The molecule has 0 saturated heterocycles. The maximum Gasteiger partial charge on any atom is 0.162 e. The molecule has 23 heavy (non-hydrogen) atoms. The fraction of sp³-hybridized carbons (Fsp3) is 0.850. The molecule has 1 unspecified atom stereocenters. The average Bonchev–Trinajstić information content (AvgIpc) is 2.57. The third-order valence-electron chi connectivity index (χ3n) is 4.28. The fourth-order valence-corrected chi connectivity index (χ4v) is 2.67. The van der Waals surface area contributed by atoms with Crippen LogP contribution in [0.25, 0.3) is 0 Å². The van der Waals surface area contributed by atoms with Gasteiger partial charge in [0.15, 0.2) is 5.78 Å². The van der Waals surface area contributed by atoms with E-state index < -0.39 is 6.10 Å². The molecule has 3 nitrogen and oxygen atoms in total. The highest BCUT2D eigenvalue weighted by atomic mass is 16.3. The highest BCUT2D eigenvalue weighted by molar-refractivity contribution is 5.82. The maximum atomic E-state index is 11.4. The molecule has 0 heterocycles. The number of carbonyl (C=O) groups excluding carboxylic acids is 1. The number of nitrogens with two attached hydrogens (primary N) is 1. The Morgan fingerprint density at radius 3 is 1.87 bits per heavy atom. The first-order valence-corrected chi connectivity index (χ1v) is 9.78. The number of hydrogen-bond acceptors (Lipinski definition) is 3. The number of carbonyl (C=O) groups is 1. The molecule has 0 aromatic carbocycles. The normalized spacial score (nSPS) is 12.8. The number of rotatable bonds is 17. The summed E-state index contributed by atoms with van der Waals surface area (Å²) in [5.74, 6) is -0.106. The zero-order valence-electron chi connectivity index (χ0n) is 15.3. The molecule has 0 aliphatic heterocycles. The van der Waals surface area contributed by atoms with E-state index in [1.807, 2.05) is 0 Å². The van der Waals surface area contributed by atoms with Gasteiger partial charge in [0, 0.05) is 13.0 Å². The highest BCUT2D eigenvalue weighted by Gasteiger charge is 2.11. The summed E-state index contributed by atoms with van der Waals surface area (Å²) in [6.07, 6.45) is 20.4. The molecule has 0 aliphatic carbocycles. The molecule has 3 heteroatoms. The van der Waals surface area contributed by atoms with Crippen LogP contribution in [0, 0.1) is 0 Å². The van der Waals surface area contributed by atoms with Gasteiger partial charge in [0.2, 0.25) is 0 Å². The lowest BCUT2D eigenvalue weighted by molar-refractivity contribution is -0.126.